The lowest BCUT2D eigenvalue weighted by molar-refractivity contribution is -0.123. The smallest absolute Gasteiger partial charge is 0.258 e. The molecule has 0 radical (unpaired) electrons. The first-order valence-corrected chi connectivity index (χ1v) is 9.96. The van der Waals surface area contributed by atoms with Gasteiger partial charge in [0.2, 0.25) is 11.2 Å². The van der Waals surface area contributed by atoms with Crippen molar-refractivity contribution in [1.82, 2.24) is 10.2 Å². The summed E-state index contributed by atoms with van der Waals surface area (Å²) in [5.74, 6) is 0.329. The summed E-state index contributed by atoms with van der Waals surface area (Å²) in [4.78, 5) is 26.5. The van der Waals surface area contributed by atoms with Crippen LogP contribution in [-0.2, 0) is 17.9 Å². The molecular weight excluding hydrogens is 380 g/mol. The Morgan fingerprint density at radius 3 is 2.68 bits per heavy atom. The van der Waals surface area contributed by atoms with Crippen LogP contribution in [0.4, 0.5) is 0 Å². The van der Waals surface area contributed by atoms with Crippen LogP contribution in [0.25, 0.3) is 0 Å². The van der Waals surface area contributed by atoms with Gasteiger partial charge < -0.3 is 14.5 Å². The second kappa shape index (κ2) is 10.3. The van der Waals surface area contributed by atoms with Crippen molar-refractivity contribution >= 4 is 17.5 Å². The molecule has 0 saturated carbocycles. The summed E-state index contributed by atoms with van der Waals surface area (Å²) < 4.78 is 10.9. The van der Waals surface area contributed by atoms with E-state index in [1.165, 1.54) is 38.0 Å². The Hall–Kier alpha value is -2.31. The molecule has 1 fully saturated rings. The highest BCUT2D eigenvalue weighted by Crippen LogP contribution is 2.14. The summed E-state index contributed by atoms with van der Waals surface area (Å²) >= 11 is 5.92. The quantitative estimate of drug-likeness (QED) is 0.766. The third-order valence-electron chi connectivity index (χ3n) is 4.67. The van der Waals surface area contributed by atoms with Crippen LogP contribution in [0.1, 0.15) is 37.0 Å². The number of rotatable bonds is 7. The monoisotopic (exact) mass is 404 g/mol. The van der Waals surface area contributed by atoms with Gasteiger partial charge in [0, 0.05) is 17.6 Å². The fraction of sp³-hybridized carbons (Fsp3) is 0.429. The molecule has 1 saturated heterocycles. The molecule has 1 aliphatic rings. The minimum atomic E-state index is -0.326. The number of halogens is 1. The molecule has 0 unspecified atom stereocenters. The number of ether oxygens (including phenoxy) is 1. The van der Waals surface area contributed by atoms with Crippen LogP contribution in [0, 0.1) is 0 Å². The van der Waals surface area contributed by atoms with Gasteiger partial charge in [0.15, 0.2) is 6.61 Å². The number of hydrogen-bond acceptors (Lipinski definition) is 5. The number of hydrogen-bond donors (Lipinski definition) is 1. The Morgan fingerprint density at radius 2 is 1.96 bits per heavy atom. The van der Waals surface area contributed by atoms with E-state index < -0.39 is 0 Å². The molecule has 0 bridgehead atoms. The van der Waals surface area contributed by atoms with E-state index >= 15 is 0 Å². The summed E-state index contributed by atoms with van der Waals surface area (Å²) in [5.41, 5.74) is 0.608. The van der Waals surface area contributed by atoms with Gasteiger partial charge in [-0.05, 0) is 43.6 Å². The number of carbonyl (C=O) groups excluding carboxylic acids is 1. The van der Waals surface area contributed by atoms with Crippen molar-refractivity contribution in [2.45, 2.75) is 38.8 Å². The summed E-state index contributed by atoms with van der Waals surface area (Å²) in [6, 6.07) is 8.68. The fourth-order valence-corrected chi connectivity index (χ4v) is 3.40. The van der Waals surface area contributed by atoms with E-state index in [9.17, 15) is 9.59 Å². The molecule has 6 nitrogen and oxygen atoms in total. The van der Waals surface area contributed by atoms with Crippen molar-refractivity contribution in [2.24, 2.45) is 0 Å². The number of likely N-dealkylation sites (tertiary alicyclic amines) is 1. The number of nitrogens with one attached hydrogen (secondary N) is 1. The molecule has 1 amide bonds. The van der Waals surface area contributed by atoms with Gasteiger partial charge in [-0.1, -0.05) is 36.6 Å². The van der Waals surface area contributed by atoms with E-state index in [0.717, 1.165) is 18.7 Å². The number of amides is 1. The van der Waals surface area contributed by atoms with Crippen molar-refractivity contribution in [3.8, 4) is 5.75 Å². The van der Waals surface area contributed by atoms with Crippen molar-refractivity contribution in [2.75, 3.05) is 19.7 Å². The Balaban J connectivity index is 1.47. The normalized spacial score (nSPS) is 15.0. The molecule has 2 aromatic rings. The van der Waals surface area contributed by atoms with E-state index in [-0.39, 0.29) is 23.7 Å². The van der Waals surface area contributed by atoms with Gasteiger partial charge in [-0.25, -0.2) is 0 Å². The van der Waals surface area contributed by atoms with Crippen LogP contribution in [0.5, 0.6) is 5.75 Å². The van der Waals surface area contributed by atoms with Gasteiger partial charge in [0.25, 0.3) is 5.91 Å². The first kappa shape index (κ1) is 20.4. The Bertz CT molecular complexity index is 844. The molecule has 0 spiro atoms. The predicted molar refractivity (Wildman–Crippen MR) is 108 cm³/mol. The summed E-state index contributed by atoms with van der Waals surface area (Å²) in [7, 11) is 0. The second-order valence-corrected chi connectivity index (χ2v) is 7.40. The third kappa shape index (κ3) is 6.39. The van der Waals surface area contributed by atoms with Gasteiger partial charge in [0.05, 0.1) is 6.54 Å². The van der Waals surface area contributed by atoms with Crippen molar-refractivity contribution in [1.29, 1.82) is 0 Å². The van der Waals surface area contributed by atoms with Crippen LogP contribution < -0.4 is 15.5 Å². The lowest BCUT2D eigenvalue weighted by atomic mass is 10.2. The van der Waals surface area contributed by atoms with Gasteiger partial charge in [0.1, 0.15) is 12.0 Å². The summed E-state index contributed by atoms with van der Waals surface area (Å²) in [6.07, 6.45) is 6.16. The topological polar surface area (TPSA) is 71.8 Å². The standard InChI is InChI=1S/C21H25ClN2O4/c22-17-7-5-6-16(10-17)12-23-21(26)15-28-20-14-27-18(11-19(20)25)13-24-8-3-1-2-4-9-24/h5-7,10-11,14H,1-4,8-9,12-13,15H2,(H,23,26). The average Bonchev–Trinajstić information content (AvgIpc) is 2.94. The molecule has 150 valence electrons. The summed E-state index contributed by atoms with van der Waals surface area (Å²) in [5, 5.41) is 3.34. The first-order chi connectivity index (χ1) is 13.6. The predicted octanol–water partition coefficient (Wildman–Crippen LogP) is 3.36. The second-order valence-electron chi connectivity index (χ2n) is 6.96. The maximum absolute atomic E-state index is 12.2. The van der Waals surface area contributed by atoms with Gasteiger partial charge >= 0.3 is 0 Å². The SMILES string of the molecule is O=C(COc1coc(CN2CCCCCC2)cc1=O)NCc1cccc(Cl)c1. The first-order valence-electron chi connectivity index (χ1n) is 9.58. The highest BCUT2D eigenvalue weighted by atomic mass is 35.5. The fourth-order valence-electron chi connectivity index (χ4n) is 3.18. The number of carbonyl (C=O) groups is 1. The molecule has 2 heterocycles. The van der Waals surface area contributed by atoms with Crippen molar-refractivity contribution < 1.29 is 13.9 Å². The molecule has 1 aromatic carbocycles. The van der Waals surface area contributed by atoms with E-state index in [1.807, 2.05) is 12.1 Å². The van der Waals surface area contributed by atoms with E-state index in [2.05, 4.69) is 10.2 Å². The van der Waals surface area contributed by atoms with Crippen LogP contribution >= 0.6 is 11.6 Å². The van der Waals surface area contributed by atoms with E-state index in [4.69, 9.17) is 20.8 Å². The van der Waals surface area contributed by atoms with E-state index in [1.54, 1.807) is 12.1 Å². The number of benzene rings is 1. The molecule has 1 aliphatic heterocycles. The molecule has 28 heavy (non-hydrogen) atoms. The van der Waals surface area contributed by atoms with Gasteiger partial charge in [-0.3, -0.25) is 14.5 Å². The minimum absolute atomic E-state index is 0.0394. The largest absolute Gasteiger partial charge is 0.477 e. The average molecular weight is 405 g/mol. The molecule has 7 heteroatoms. The molecule has 3 rings (SSSR count). The van der Waals surface area contributed by atoms with Crippen LogP contribution in [-0.4, -0.2) is 30.5 Å². The number of nitrogens with zero attached hydrogens (tertiary/aromatic N) is 1. The zero-order valence-electron chi connectivity index (χ0n) is 15.8. The maximum Gasteiger partial charge on any atom is 0.258 e. The Kier molecular flexibility index (Phi) is 7.51. The summed E-state index contributed by atoms with van der Waals surface area (Å²) in [6.45, 7) is 2.75. The Labute approximate surface area is 169 Å². The highest BCUT2D eigenvalue weighted by Gasteiger charge is 2.13. The lowest BCUT2D eigenvalue weighted by Crippen LogP contribution is -2.29. The highest BCUT2D eigenvalue weighted by molar-refractivity contribution is 6.30. The molecule has 1 N–H and O–H groups in total. The van der Waals surface area contributed by atoms with Crippen molar-refractivity contribution in [3.63, 3.8) is 0 Å². The van der Waals surface area contributed by atoms with Gasteiger partial charge in [-0.2, -0.15) is 0 Å². The van der Waals surface area contributed by atoms with Crippen LogP contribution in [0.15, 0.2) is 45.8 Å². The third-order valence-corrected chi connectivity index (χ3v) is 4.90. The maximum atomic E-state index is 12.2. The van der Waals surface area contributed by atoms with Crippen LogP contribution in [0.3, 0.4) is 0 Å². The zero-order chi connectivity index (χ0) is 19.8. The molecular formula is C21H25ClN2O4. The molecule has 0 aliphatic carbocycles. The minimum Gasteiger partial charge on any atom is -0.477 e. The lowest BCUT2D eigenvalue weighted by Gasteiger charge is -2.18. The van der Waals surface area contributed by atoms with Gasteiger partial charge in [-0.15, -0.1) is 0 Å². The molecule has 0 atom stereocenters. The van der Waals surface area contributed by atoms with E-state index in [0.29, 0.717) is 23.9 Å². The zero-order valence-corrected chi connectivity index (χ0v) is 16.5. The molecule has 1 aromatic heterocycles. The Morgan fingerprint density at radius 1 is 1.18 bits per heavy atom. The van der Waals surface area contributed by atoms with Crippen LogP contribution in [0.2, 0.25) is 5.02 Å². The van der Waals surface area contributed by atoms with Crippen molar-refractivity contribution in [3.05, 3.63) is 63.2 Å².